The molecule has 1 aliphatic rings. The molecule has 0 radical (unpaired) electrons. The Morgan fingerprint density at radius 2 is 2.36 bits per heavy atom. The second-order valence-corrected chi connectivity index (χ2v) is 6.20. The molecule has 134 valence electrons. The zero-order valence-electron chi connectivity index (χ0n) is 14.9. The fourth-order valence-corrected chi connectivity index (χ4v) is 2.93. The second kappa shape index (κ2) is 7.46. The number of nitrogens with zero attached hydrogens (tertiary/aromatic N) is 3. The number of nitrogens with one attached hydrogen (secondary N) is 1. The van der Waals surface area contributed by atoms with Gasteiger partial charge < -0.3 is 24.3 Å². The molecule has 0 saturated heterocycles. The van der Waals surface area contributed by atoms with Gasteiger partial charge in [0.2, 0.25) is 0 Å². The molecule has 7 nitrogen and oxygen atoms in total. The van der Waals surface area contributed by atoms with Crippen molar-refractivity contribution in [3.05, 3.63) is 42.0 Å². The maximum atomic E-state index is 12.4. The topological polar surface area (TPSA) is 68.6 Å². The highest BCUT2D eigenvalue weighted by Crippen LogP contribution is 2.34. The van der Waals surface area contributed by atoms with Crippen LogP contribution in [-0.4, -0.2) is 53.8 Å². The van der Waals surface area contributed by atoms with Crippen molar-refractivity contribution in [2.24, 2.45) is 0 Å². The van der Waals surface area contributed by atoms with Gasteiger partial charge in [-0.25, -0.2) is 9.78 Å². The monoisotopic (exact) mass is 344 g/mol. The summed E-state index contributed by atoms with van der Waals surface area (Å²) in [5.41, 5.74) is 1.05. The molecule has 1 aromatic carbocycles. The van der Waals surface area contributed by atoms with Gasteiger partial charge in [-0.3, -0.25) is 0 Å². The fourth-order valence-electron chi connectivity index (χ4n) is 2.93. The number of ether oxygens (including phenoxy) is 2. The van der Waals surface area contributed by atoms with E-state index >= 15 is 0 Å². The maximum Gasteiger partial charge on any atom is 0.317 e. The fraction of sp³-hybridized carbons (Fsp3) is 0.444. The molecule has 3 rings (SSSR count). The molecule has 25 heavy (non-hydrogen) atoms. The summed E-state index contributed by atoms with van der Waals surface area (Å²) in [6.07, 6.45) is 4.41. The van der Waals surface area contributed by atoms with Crippen LogP contribution in [0.2, 0.25) is 0 Å². The van der Waals surface area contributed by atoms with E-state index in [9.17, 15) is 4.79 Å². The number of rotatable bonds is 5. The van der Waals surface area contributed by atoms with Gasteiger partial charge in [-0.1, -0.05) is 12.1 Å². The van der Waals surface area contributed by atoms with Crippen molar-refractivity contribution in [1.82, 2.24) is 19.8 Å². The number of amides is 2. The molecule has 1 aliphatic heterocycles. The summed E-state index contributed by atoms with van der Waals surface area (Å²) >= 11 is 0. The molecule has 0 aliphatic carbocycles. The molecule has 2 amide bonds. The molecular weight excluding hydrogens is 320 g/mol. The van der Waals surface area contributed by atoms with Crippen LogP contribution >= 0.6 is 0 Å². The van der Waals surface area contributed by atoms with E-state index in [0.717, 1.165) is 35.9 Å². The number of methoxy groups -OCH3 is 1. The Kier molecular flexibility index (Phi) is 5.11. The molecule has 0 saturated carbocycles. The van der Waals surface area contributed by atoms with Crippen molar-refractivity contribution >= 4 is 6.03 Å². The molecule has 1 N–H and O–H groups in total. The van der Waals surface area contributed by atoms with Crippen LogP contribution in [0.5, 0.6) is 11.5 Å². The summed E-state index contributed by atoms with van der Waals surface area (Å²) in [7, 11) is 3.42. The standard InChI is InChI=1S/C18H24N4O3/c1-13-19-7-8-22(13)10-9-21(2)18(23)20-15-11-14-5-4-6-16(24-3)17(14)25-12-15/h4-8,15H,9-12H2,1-3H3,(H,20,23)/t15-/m1/s1. The minimum atomic E-state index is -0.0993. The van der Waals surface area contributed by atoms with E-state index in [-0.39, 0.29) is 12.1 Å². The van der Waals surface area contributed by atoms with Crippen molar-refractivity contribution in [3.8, 4) is 11.5 Å². The summed E-state index contributed by atoms with van der Waals surface area (Å²) in [6.45, 7) is 3.72. The molecule has 0 bridgehead atoms. The number of urea groups is 1. The van der Waals surface area contributed by atoms with Gasteiger partial charge in [-0.2, -0.15) is 0 Å². The number of para-hydroxylation sites is 1. The van der Waals surface area contributed by atoms with Gasteiger partial charge in [0, 0.05) is 38.1 Å². The Morgan fingerprint density at radius 3 is 3.08 bits per heavy atom. The van der Waals surface area contributed by atoms with Gasteiger partial charge in [-0.05, 0) is 19.4 Å². The minimum Gasteiger partial charge on any atom is -0.493 e. The Labute approximate surface area is 147 Å². The lowest BCUT2D eigenvalue weighted by Gasteiger charge is -2.29. The number of carbonyl (C=O) groups excluding carboxylic acids is 1. The lowest BCUT2D eigenvalue weighted by molar-refractivity contribution is 0.186. The molecule has 1 aromatic heterocycles. The van der Waals surface area contributed by atoms with Crippen molar-refractivity contribution in [2.75, 3.05) is 27.3 Å². The van der Waals surface area contributed by atoms with E-state index in [4.69, 9.17) is 9.47 Å². The summed E-state index contributed by atoms with van der Waals surface area (Å²) in [5, 5.41) is 3.04. The molecule has 1 atom stereocenters. The normalized spacial score (nSPS) is 15.9. The van der Waals surface area contributed by atoms with Crippen molar-refractivity contribution in [2.45, 2.75) is 25.9 Å². The third-order valence-corrected chi connectivity index (χ3v) is 4.45. The summed E-state index contributed by atoms with van der Waals surface area (Å²) in [6, 6.07) is 5.66. The van der Waals surface area contributed by atoms with Crippen LogP contribution in [0.15, 0.2) is 30.6 Å². The van der Waals surface area contributed by atoms with Gasteiger partial charge in [0.05, 0.1) is 13.2 Å². The number of aromatic nitrogens is 2. The largest absolute Gasteiger partial charge is 0.493 e. The van der Waals surface area contributed by atoms with Gasteiger partial charge in [0.1, 0.15) is 12.4 Å². The van der Waals surface area contributed by atoms with Gasteiger partial charge >= 0.3 is 6.03 Å². The predicted molar refractivity (Wildman–Crippen MR) is 94.1 cm³/mol. The molecule has 0 unspecified atom stereocenters. The highest BCUT2D eigenvalue weighted by Gasteiger charge is 2.24. The van der Waals surface area contributed by atoms with E-state index in [2.05, 4.69) is 10.3 Å². The maximum absolute atomic E-state index is 12.4. The Balaban J connectivity index is 1.53. The van der Waals surface area contributed by atoms with E-state index in [0.29, 0.717) is 13.2 Å². The summed E-state index contributed by atoms with van der Waals surface area (Å²) in [5.74, 6) is 2.45. The van der Waals surface area contributed by atoms with E-state index in [1.54, 1.807) is 25.3 Å². The number of imidazole rings is 1. The number of likely N-dealkylation sites (N-methyl/N-ethyl adjacent to an activating group) is 1. The predicted octanol–water partition coefficient (Wildman–Crippen LogP) is 1.85. The quantitative estimate of drug-likeness (QED) is 0.899. The lowest BCUT2D eigenvalue weighted by atomic mass is 10.0. The van der Waals surface area contributed by atoms with Crippen molar-refractivity contribution < 1.29 is 14.3 Å². The van der Waals surface area contributed by atoms with Gasteiger partial charge in [-0.15, -0.1) is 0 Å². The number of hydrogen-bond acceptors (Lipinski definition) is 4. The van der Waals surface area contributed by atoms with Crippen LogP contribution in [0.3, 0.4) is 0 Å². The number of fused-ring (bicyclic) bond motifs is 1. The first kappa shape index (κ1) is 17.1. The molecule has 2 aromatic rings. The SMILES string of the molecule is COc1cccc2c1OC[C@H](NC(=O)N(C)CCn1ccnc1C)C2. The highest BCUT2D eigenvalue weighted by atomic mass is 16.5. The smallest absolute Gasteiger partial charge is 0.317 e. The Morgan fingerprint density at radius 1 is 1.52 bits per heavy atom. The number of benzene rings is 1. The van der Waals surface area contributed by atoms with Crippen molar-refractivity contribution in [1.29, 1.82) is 0 Å². The van der Waals surface area contributed by atoms with Crippen LogP contribution in [-0.2, 0) is 13.0 Å². The zero-order chi connectivity index (χ0) is 17.8. The number of hydrogen-bond donors (Lipinski definition) is 1. The lowest BCUT2D eigenvalue weighted by Crippen LogP contribution is -2.48. The average Bonchev–Trinajstić information content (AvgIpc) is 3.03. The third-order valence-electron chi connectivity index (χ3n) is 4.45. The van der Waals surface area contributed by atoms with Crippen LogP contribution in [0.25, 0.3) is 0 Å². The average molecular weight is 344 g/mol. The van der Waals surface area contributed by atoms with Gasteiger partial charge in [0.15, 0.2) is 11.5 Å². The summed E-state index contributed by atoms with van der Waals surface area (Å²) in [4.78, 5) is 18.3. The zero-order valence-corrected chi connectivity index (χ0v) is 14.9. The first-order chi connectivity index (χ1) is 12.1. The van der Waals surface area contributed by atoms with E-state index in [1.807, 2.05) is 35.9 Å². The van der Waals surface area contributed by atoms with E-state index in [1.165, 1.54) is 0 Å². The second-order valence-electron chi connectivity index (χ2n) is 6.20. The molecular formula is C18H24N4O3. The molecule has 2 heterocycles. The molecule has 0 fully saturated rings. The minimum absolute atomic E-state index is 0.0514. The molecule has 0 spiro atoms. The highest BCUT2D eigenvalue weighted by molar-refractivity contribution is 5.74. The third kappa shape index (κ3) is 3.87. The Hall–Kier alpha value is -2.70. The first-order valence-electron chi connectivity index (χ1n) is 8.36. The number of aryl methyl sites for hydroxylation is 1. The molecule has 7 heteroatoms. The van der Waals surface area contributed by atoms with Crippen LogP contribution in [0.1, 0.15) is 11.4 Å². The summed E-state index contributed by atoms with van der Waals surface area (Å²) < 4.78 is 13.1. The van der Waals surface area contributed by atoms with Crippen LogP contribution in [0.4, 0.5) is 4.79 Å². The van der Waals surface area contributed by atoms with Crippen LogP contribution in [0, 0.1) is 6.92 Å². The van der Waals surface area contributed by atoms with Crippen LogP contribution < -0.4 is 14.8 Å². The number of carbonyl (C=O) groups is 1. The van der Waals surface area contributed by atoms with Gasteiger partial charge in [0.25, 0.3) is 0 Å². The first-order valence-corrected chi connectivity index (χ1v) is 8.36. The Bertz CT molecular complexity index is 744. The van der Waals surface area contributed by atoms with Crippen molar-refractivity contribution in [3.63, 3.8) is 0 Å². The van der Waals surface area contributed by atoms with E-state index < -0.39 is 0 Å².